The van der Waals surface area contributed by atoms with Gasteiger partial charge in [-0.05, 0) is 26.0 Å². The molecule has 2 rings (SSSR count). The van der Waals surface area contributed by atoms with E-state index in [0.29, 0.717) is 13.2 Å². The molecule has 0 saturated carbocycles. The predicted octanol–water partition coefficient (Wildman–Crippen LogP) is 1.04. The van der Waals surface area contributed by atoms with Gasteiger partial charge >= 0.3 is 0 Å². The molecule has 1 aliphatic rings. The zero-order valence-corrected chi connectivity index (χ0v) is 8.03. The molecule has 0 aromatic carbocycles. The molecular weight excluding hydrogens is 166 g/mol. The lowest BCUT2D eigenvalue weighted by molar-refractivity contribution is 0.119. The Hall–Kier alpha value is -0.800. The molecule has 0 unspecified atom stereocenters. The molecule has 0 amide bonds. The number of aliphatic hydroxyl groups is 1. The lowest BCUT2D eigenvalue weighted by Gasteiger charge is -2.18. The molecule has 1 fully saturated rings. The quantitative estimate of drug-likeness (QED) is 0.702. The third kappa shape index (κ3) is 1.38. The first-order valence-electron chi connectivity index (χ1n) is 4.60. The van der Waals surface area contributed by atoms with E-state index in [0.717, 1.165) is 0 Å². The van der Waals surface area contributed by atoms with E-state index in [9.17, 15) is 5.11 Å². The van der Waals surface area contributed by atoms with Crippen LogP contribution in [0.5, 0.6) is 0 Å². The molecule has 2 atom stereocenters. The van der Waals surface area contributed by atoms with Crippen LogP contribution in [0.25, 0.3) is 0 Å². The topological polar surface area (TPSA) is 34.4 Å². The van der Waals surface area contributed by atoms with Crippen LogP contribution in [0.4, 0.5) is 0 Å². The number of nitrogens with zero attached hydrogens (tertiary/aromatic N) is 1. The largest absolute Gasteiger partial charge is 0.388 e. The molecule has 0 aliphatic carbocycles. The van der Waals surface area contributed by atoms with Crippen molar-refractivity contribution in [3.05, 3.63) is 23.5 Å². The fourth-order valence-corrected chi connectivity index (χ4v) is 1.98. The Bertz CT molecular complexity index is 286. The van der Waals surface area contributed by atoms with Gasteiger partial charge in [0, 0.05) is 11.4 Å². The SMILES string of the molecule is Cc1ccc(C)n1[C@@H]1COC[C@H]1O. The van der Waals surface area contributed by atoms with E-state index in [1.54, 1.807) is 0 Å². The average molecular weight is 181 g/mol. The summed E-state index contributed by atoms with van der Waals surface area (Å²) < 4.78 is 7.38. The lowest BCUT2D eigenvalue weighted by Crippen LogP contribution is -2.23. The molecular formula is C10H15NO2. The molecule has 0 spiro atoms. The third-order valence-electron chi connectivity index (χ3n) is 2.68. The number of aromatic nitrogens is 1. The van der Waals surface area contributed by atoms with Crippen LogP contribution in [0.2, 0.25) is 0 Å². The second-order valence-corrected chi connectivity index (χ2v) is 3.66. The van der Waals surface area contributed by atoms with Crippen molar-refractivity contribution in [2.75, 3.05) is 13.2 Å². The van der Waals surface area contributed by atoms with E-state index >= 15 is 0 Å². The van der Waals surface area contributed by atoms with E-state index in [2.05, 4.69) is 30.5 Å². The van der Waals surface area contributed by atoms with Crippen molar-refractivity contribution in [1.82, 2.24) is 4.57 Å². The van der Waals surface area contributed by atoms with Crippen molar-refractivity contribution in [2.24, 2.45) is 0 Å². The van der Waals surface area contributed by atoms with Gasteiger partial charge in [0.2, 0.25) is 0 Å². The van der Waals surface area contributed by atoms with Gasteiger partial charge in [-0.25, -0.2) is 0 Å². The summed E-state index contributed by atoms with van der Waals surface area (Å²) >= 11 is 0. The lowest BCUT2D eigenvalue weighted by atomic mass is 10.2. The van der Waals surface area contributed by atoms with Crippen molar-refractivity contribution in [3.8, 4) is 0 Å². The zero-order chi connectivity index (χ0) is 9.42. The summed E-state index contributed by atoms with van der Waals surface area (Å²) in [6.07, 6.45) is -0.357. The Balaban J connectivity index is 2.33. The summed E-state index contributed by atoms with van der Waals surface area (Å²) in [6.45, 7) is 5.19. The average Bonchev–Trinajstić information content (AvgIpc) is 2.60. The summed E-state index contributed by atoms with van der Waals surface area (Å²) in [5.41, 5.74) is 2.37. The fraction of sp³-hybridized carbons (Fsp3) is 0.600. The number of hydrogen-bond acceptors (Lipinski definition) is 2. The van der Waals surface area contributed by atoms with Crippen molar-refractivity contribution < 1.29 is 9.84 Å². The molecule has 2 heterocycles. The number of aryl methyl sites for hydroxylation is 2. The molecule has 1 saturated heterocycles. The number of hydrogen-bond donors (Lipinski definition) is 1. The molecule has 3 nitrogen and oxygen atoms in total. The van der Waals surface area contributed by atoms with Crippen molar-refractivity contribution in [1.29, 1.82) is 0 Å². The molecule has 72 valence electrons. The molecule has 3 heteroatoms. The molecule has 1 aromatic heterocycles. The Morgan fingerprint density at radius 1 is 1.31 bits per heavy atom. The zero-order valence-electron chi connectivity index (χ0n) is 8.03. The summed E-state index contributed by atoms with van der Waals surface area (Å²) in [7, 11) is 0. The molecule has 1 aliphatic heterocycles. The normalized spacial score (nSPS) is 28.2. The minimum atomic E-state index is -0.357. The first kappa shape index (κ1) is 8.78. The standard InChI is InChI=1S/C10H15NO2/c1-7-3-4-8(2)11(7)9-5-13-6-10(9)12/h3-4,9-10,12H,5-6H2,1-2H3/t9-,10-/m1/s1. The highest BCUT2D eigenvalue weighted by Crippen LogP contribution is 2.23. The second-order valence-electron chi connectivity index (χ2n) is 3.66. The van der Waals surface area contributed by atoms with Gasteiger partial charge in [-0.15, -0.1) is 0 Å². The fourth-order valence-electron chi connectivity index (χ4n) is 1.98. The summed E-state index contributed by atoms with van der Waals surface area (Å²) in [5.74, 6) is 0. The molecule has 1 aromatic rings. The number of rotatable bonds is 1. The number of ether oxygens (including phenoxy) is 1. The maximum absolute atomic E-state index is 9.66. The minimum absolute atomic E-state index is 0.106. The van der Waals surface area contributed by atoms with Crippen molar-refractivity contribution in [2.45, 2.75) is 26.0 Å². The van der Waals surface area contributed by atoms with Gasteiger partial charge in [0.05, 0.1) is 19.3 Å². The van der Waals surface area contributed by atoms with E-state index in [4.69, 9.17) is 4.74 Å². The van der Waals surface area contributed by atoms with Gasteiger partial charge in [0.15, 0.2) is 0 Å². The second kappa shape index (κ2) is 3.16. The molecule has 0 bridgehead atoms. The molecule has 0 radical (unpaired) electrons. The van der Waals surface area contributed by atoms with Crippen LogP contribution in [-0.4, -0.2) is 29.0 Å². The maximum Gasteiger partial charge on any atom is 0.100 e. The van der Waals surface area contributed by atoms with Crippen LogP contribution < -0.4 is 0 Å². The van der Waals surface area contributed by atoms with E-state index in [1.165, 1.54) is 11.4 Å². The Morgan fingerprint density at radius 2 is 1.92 bits per heavy atom. The van der Waals surface area contributed by atoms with Crippen LogP contribution in [0.15, 0.2) is 12.1 Å². The van der Waals surface area contributed by atoms with Gasteiger partial charge in [0.25, 0.3) is 0 Å². The van der Waals surface area contributed by atoms with Crippen molar-refractivity contribution in [3.63, 3.8) is 0 Å². The monoisotopic (exact) mass is 181 g/mol. The highest BCUT2D eigenvalue weighted by molar-refractivity contribution is 5.16. The Labute approximate surface area is 77.9 Å². The van der Waals surface area contributed by atoms with Gasteiger partial charge in [-0.3, -0.25) is 0 Å². The van der Waals surface area contributed by atoms with Crippen LogP contribution in [-0.2, 0) is 4.74 Å². The predicted molar refractivity (Wildman–Crippen MR) is 49.8 cm³/mol. The van der Waals surface area contributed by atoms with Crippen LogP contribution in [0, 0.1) is 13.8 Å². The Kier molecular flexibility index (Phi) is 2.14. The molecule has 13 heavy (non-hydrogen) atoms. The highest BCUT2D eigenvalue weighted by atomic mass is 16.5. The summed E-state index contributed by atoms with van der Waals surface area (Å²) in [6, 6.07) is 4.25. The van der Waals surface area contributed by atoms with E-state index in [-0.39, 0.29) is 12.1 Å². The van der Waals surface area contributed by atoms with Crippen LogP contribution in [0.3, 0.4) is 0 Å². The molecule has 1 N–H and O–H groups in total. The minimum Gasteiger partial charge on any atom is -0.388 e. The smallest absolute Gasteiger partial charge is 0.100 e. The summed E-state index contributed by atoms with van der Waals surface area (Å²) in [5, 5.41) is 9.66. The third-order valence-corrected chi connectivity index (χ3v) is 2.68. The summed E-state index contributed by atoms with van der Waals surface area (Å²) in [4.78, 5) is 0. The first-order valence-corrected chi connectivity index (χ1v) is 4.60. The maximum atomic E-state index is 9.66. The van der Waals surface area contributed by atoms with Gasteiger partial charge in [-0.2, -0.15) is 0 Å². The number of aliphatic hydroxyl groups excluding tert-OH is 1. The highest BCUT2D eigenvalue weighted by Gasteiger charge is 2.28. The van der Waals surface area contributed by atoms with Gasteiger partial charge < -0.3 is 14.4 Å². The van der Waals surface area contributed by atoms with E-state index in [1.807, 2.05) is 0 Å². The van der Waals surface area contributed by atoms with Crippen molar-refractivity contribution >= 4 is 0 Å². The Morgan fingerprint density at radius 3 is 2.38 bits per heavy atom. The van der Waals surface area contributed by atoms with Crippen LogP contribution in [0.1, 0.15) is 17.4 Å². The van der Waals surface area contributed by atoms with Gasteiger partial charge in [0.1, 0.15) is 6.10 Å². The first-order chi connectivity index (χ1) is 6.20. The van der Waals surface area contributed by atoms with E-state index < -0.39 is 0 Å². The van der Waals surface area contributed by atoms with Crippen LogP contribution >= 0.6 is 0 Å². The van der Waals surface area contributed by atoms with Gasteiger partial charge in [-0.1, -0.05) is 0 Å².